The molecule has 0 atom stereocenters. The minimum Gasteiger partial charge on any atom is -0.325 e. The van der Waals surface area contributed by atoms with E-state index in [1.165, 1.54) is 13.0 Å². The van der Waals surface area contributed by atoms with E-state index in [4.69, 9.17) is 16.2 Å². The first-order valence-corrected chi connectivity index (χ1v) is 5.67. The van der Waals surface area contributed by atoms with Gasteiger partial charge in [0.2, 0.25) is 5.91 Å². The monoisotopic (exact) mass is 249 g/mol. The van der Waals surface area contributed by atoms with E-state index >= 15 is 0 Å². The quantitative estimate of drug-likeness (QED) is 0.779. The van der Waals surface area contributed by atoms with Crippen LogP contribution in [0.5, 0.6) is 0 Å². The fourth-order valence-electron chi connectivity index (χ4n) is 0.947. The topological polar surface area (TPSA) is 83.5 Å². The third-order valence-electron chi connectivity index (χ3n) is 1.55. The second-order valence-corrected chi connectivity index (χ2v) is 4.63. The summed E-state index contributed by atoms with van der Waals surface area (Å²) < 4.78 is 30.2. The van der Waals surface area contributed by atoms with Gasteiger partial charge in [-0.2, -0.15) is 8.42 Å². The summed E-state index contributed by atoms with van der Waals surface area (Å²) in [5.41, 5.74) is 0.288. The summed E-state index contributed by atoms with van der Waals surface area (Å²) in [6, 6.07) is 3.50. The zero-order chi connectivity index (χ0) is 11.6. The molecule has 7 heteroatoms. The van der Waals surface area contributed by atoms with Crippen LogP contribution in [0.1, 0.15) is 6.92 Å². The van der Waals surface area contributed by atoms with Gasteiger partial charge >= 0.3 is 0 Å². The summed E-state index contributed by atoms with van der Waals surface area (Å²) in [4.78, 5) is 10.4. The molecule has 0 fully saturated rings. The predicted octanol–water partition coefficient (Wildman–Crippen LogP) is 1.55. The molecule has 0 aliphatic heterocycles. The Morgan fingerprint density at radius 3 is 2.47 bits per heavy atom. The van der Waals surface area contributed by atoms with E-state index in [9.17, 15) is 13.2 Å². The van der Waals surface area contributed by atoms with Crippen LogP contribution in [0.15, 0.2) is 23.1 Å². The number of carbonyl (C=O) groups is 1. The van der Waals surface area contributed by atoms with Gasteiger partial charge in [0.1, 0.15) is 0 Å². The maximum atomic E-state index is 10.7. The molecule has 0 radical (unpaired) electrons. The van der Waals surface area contributed by atoms with E-state index in [0.29, 0.717) is 0 Å². The molecule has 0 aliphatic carbocycles. The summed E-state index contributed by atoms with van der Waals surface area (Å²) in [6.07, 6.45) is 0. The van der Waals surface area contributed by atoms with E-state index in [2.05, 4.69) is 5.32 Å². The Morgan fingerprint density at radius 1 is 1.47 bits per heavy atom. The maximum absolute atomic E-state index is 10.7. The van der Waals surface area contributed by atoms with Gasteiger partial charge in [-0.25, -0.2) is 0 Å². The summed E-state index contributed by atoms with van der Waals surface area (Å²) in [6.45, 7) is 1.30. The molecule has 1 amide bonds. The minimum absolute atomic E-state index is 0.0420. The van der Waals surface area contributed by atoms with Gasteiger partial charge in [-0.15, -0.1) is 0 Å². The van der Waals surface area contributed by atoms with Crippen LogP contribution in [0, 0.1) is 0 Å². The highest BCUT2D eigenvalue weighted by molar-refractivity contribution is 7.85. The van der Waals surface area contributed by atoms with Gasteiger partial charge in [0.15, 0.2) is 0 Å². The molecule has 0 aromatic heterocycles. The number of hydrogen-bond donors (Lipinski definition) is 2. The van der Waals surface area contributed by atoms with Crippen LogP contribution in [0.3, 0.4) is 0 Å². The fourth-order valence-corrected chi connectivity index (χ4v) is 1.75. The van der Waals surface area contributed by atoms with Crippen molar-refractivity contribution >= 4 is 33.3 Å². The number of hydrogen-bond acceptors (Lipinski definition) is 3. The maximum Gasteiger partial charge on any atom is 0.294 e. The van der Waals surface area contributed by atoms with Gasteiger partial charge in [-0.05, 0) is 18.2 Å². The van der Waals surface area contributed by atoms with Crippen molar-refractivity contribution in [3.8, 4) is 0 Å². The molecule has 0 unspecified atom stereocenters. The van der Waals surface area contributed by atoms with Gasteiger partial charge in [-0.3, -0.25) is 9.35 Å². The van der Waals surface area contributed by atoms with Gasteiger partial charge in [0.05, 0.1) is 15.6 Å². The highest BCUT2D eigenvalue weighted by atomic mass is 35.5. The number of rotatable bonds is 2. The molecule has 0 saturated carbocycles. The normalized spacial score (nSPS) is 11.1. The molecule has 0 bridgehead atoms. The second-order valence-electron chi connectivity index (χ2n) is 2.80. The van der Waals surface area contributed by atoms with Crippen LogP contribution in [0.4, 0.5) is 5.69 Å². The summed E-state index contributed by atoms with van der Waals surface area (Å²) in [5, 5.41) is 2.45. The van der Waals surface area contributed by atoms with Crippen LogP contribution in [0.2, 0.25) is 5.02 Å². The van der Waals surface area contributed by atoms with E-state index in [-0.39, 0.29) is 21.5 Å². The standard InChI is InChI=1S/C8H8ClNO4S/c1-5(11)10-8-3-2-6(4-7(8)9)15(12,13)14/h2-4H,1H3,(H,10,11)(H,12,13,14). The first-order valence-electron chi connectivity index (χ1n) is 3.85. The Labute approximate surface area is 91.8 Å². The smallest absolute Gasteiger partial charge is 0.294 e. The Balaban J connectivity index is 3.15. The fraction of sp³-hybridized carbons (Fsp3) is 0.125. The zero-order valence-electron chi connectivity index (χ0n) is 7.69. The van der Waals surface area contributed by atoms with Crippen molar-refractivity contribution in [2.75, 3.05) is 5.32 Å². The van der Waals surface area contributed by atoms with Crippen molar-refractivity contribution < 1.29 is 17.8 Å². The zero-order valence-corrected chi connectivity index (χ0v) is 9.26. The van der Waals surface area contributed by atoms with Gasteiger partial charge in [0.25, 0.3) is 10.1 Å². The van der Waals surface area contributed by atoms with Crippen LogP contribution < -0.4 is 5.32 Å². The SMILES string of the molecule is CC(=O)Nc1ccc(S(=O)(=O)O)cc1Cl. The van der Waals surface area contributed by atoms with Crippen LogP contribution in [-0.4, -0.2) is 18.9 Å². The molecule has 0 saturated heterocycles. The predicted molar refractivity (Wildman–Crippen MR) is 55.6 cm³/mol. The van der Waals surface area contributed by atoms with Gasteiger partial charge in [-0.1, -0.05) is 11.6 Å². The van der Waals surface area contributed by atoms with E-state index in [0.717, 1.165) is 12.1 Å². The summed E-state index contributed by atoms with van der Waals surface area (Å²) in [5.74, 6) is -0.323. The second kappa shape index (κ2) is 4.18. The summed E-state index contributed by atoms with van der Waals surface area (Å²) in [7, 11) is -4.27. The van der Waals surface area contributed by atoms with Crippen LogP contribution >= 0.6 is 11.6 Å². The molecule has 1 rings (SSSR count). The lowest BCUT2D eigenvalue weighted by molar-refractivity contribution is -0.114. The third kappa shape index (κ3) is 3.19. The summed E-state index contributed by atoms with van der Waals surface area (Å²) >= 11 is 5.69. The number of benzene rings is 1. The molecule has 15 heavy (non-hydrogen) atoms. The van der Waals surface area contributed by atoms with Crippen molar-refractivity contribution in [2.45, 2.75) is 11.8 Å². The highest BCUT2D eigenvalue weighted by Gasteiger charge is 2.12. The Hall–Kier alpha value is -1.11. The third-order valence-corrected chi connectivity index (χ3v) is 2.71. The van der Waals surface area contributed by atoms with Crippen molar-refractivity contribution in [3.05, 3.63) is 23.2 Å². The van der Waals surface area contributed by atoms with Crippen molar-refractivity contribution in [2.24, 2.45) is 0 Å². The molecular formula is C8H8ClNO4S. The molecule has 0 aliphatic rings. The highest BCUT2D eigenvalue weighted by Crippen LogP contribution is 2.24. The first kappa shape index (κ1) is 12.0. The van der Waals surface area contributed by atoms with Crippen LogP contribution in [-0.2, 0) is 14.9 Å². The van der Waals surface area contributed by atoms with Crippen molar-refractivity contribution in [1.29, 1.82) is 0 Å². The molecule has 5 nitrogen and oxygen atoms in total. The molecular weight excluding hydrogens is 242 g/mol. The lowest BCUT2D eigenvalue weighted by Crippen LogP contribution is -2.07. The largest absolute Gasteiger partial charge is 0.325 e. The molecule has 82 valence electrons. The number of anilines is 1. The molecule has 0 heterocycles. The van der Waals surface area contributed by atoms with Gasteiger partial charge < -0.3 is 5.32 Å². The minimum atomic E-state index is -4.27. The van der Waals surface area contributed by atoms with E-state index in [1.807, 2.05) is 0 Å². The molecule has 0 spiro atoms. The first-order chi connectivity index (χ1) is 6.80. The Bertz CT molecular complexity index is 497. The van der Waals surface area contributed by atoms with E-state index < -0.39 is 10.1 Å². The Morgan fingerprint density at radius 2 is 2.07 bits per heavy atom. The number of amides is 1. The Kier molecular flexibility index (Phi) is 3.33. The molecule has 2 N–H and O–H groups in total. The number of carbonyl (C=O) groups excluding carboxylic acids is 1. The molecule has 1 aromatic rings. The van der Waals surface area contributed by atoms with Crippen LogP contribution in [0.25, 0.3) is 0 Å². The van der Waals surface area contributed by atoms with Crippen molar-refractivity contribution in [3.63, 3.8) is 0 Å². The average molecular weight is 250 g/mol. The number of halogens is 1. The lowest BCUT2D eigenvalue weighted by atomic mass is 10.3. The lowest BCUT2D eigenvalue weighted by Gasteiger charge is -2.05. The van der Waals surface area contributed by atoms with Gasteiger partial charge in [0, 0.05) is 6.92 Å². The van der Waals surface area contributed by atoms with Crippen molar-refractivity contribution in [1.82, 2.24) is 0 Å². The van der Waals surface area contributed by atoms with E-state index in [1.54, 1.807) is 0 Å². The average Bonchev–Trinajstić information content (AvgIpc) is 2.05. The molecule has 1 aromatic carbocycles. The number of nitrogens with one attached hydrogen (secondary N) is 1.